The van der Waals surface area contributed by atoms with E-state index in [1.165, 1.54) is 6.42 Å². The number of aryl methyl sites for hydroxylation is 1. The summed E-state index contributed by atoms with van der Waals surface area (Å²) in [4.78, 5) is 0. The molecule has 122 valence electrons. The first kappa shape index (κ1) is 14.7. The average molecular weight is 325 g/mol. The van der Waals surface area contributed by atoms with Crippen molar-refractivity contribution in [3.63, 3.8) is 0 Å². The van der Waals surface area contributed by atoms with Gasteiger partial charge in [-0.15, -0.1) is 0 Å². The summed E-state index contributed by atoms with van der Waals surface area (Å²) < 4.78 is 32.4. The lowest BCUT2D eigenvalue weighted by atomic mass is 9.66. The Bertz CT molecular complexity index is 678. The van der Waals surface area contributed by atoms with Crippen LogP contribution in [0.2, 0.25) is 0 Å². The van der Waals surface area contributed by atoms with Crippen LogP contribution in [0.3, 0.4) is 0 Å². The van der Waals surface area contributed by atoms with Gasteiger partial charge in [-0.2, -0.15) is 4.31 Å². The minimum Gasteiger partial charge on any atom is -0.361 e. The highest BCUT2D eigenvalue weighted by atomic mass is 32.2. The Hall–Kier alpha value is -0.920. The van der Waals surface area contributed by atoms with Gasteiger partial charge in [0.1, 0.15) is 17.2 Å². The van der Waals surface area contributed by atoms with Crippen molar-refractivity contribution >= 4 is 10.0 Å². The van der Waals surface area contributed by atoms with Gasteiger partial charge in [0.25, 0.3) is 0 Å². The molecule has 1 aromatic heterocycles. The van der Waals surface area contributed by atoms with Crippen molar-refractivity contribution in [3.05, 3.63) is 17.0 Å². The molecule has 2 fully saturated rings. The van der Waals surface area contributed by atoms with Crippen LogP contribution in [-0.4, -0.2) is 37.0 Å². The second kappa shape index (κ2) is 5.04. The summed E-state index contributed by atoms with van der Waals surface area (Å²) in [6.45, 7) is 1.03. The van der Waals surface area contributed by atoms with Gasteiger partial charge in [-0.25, -0.2) is 8.42 Å². The Balaban J connectivity index is 1.54. The number of nitrogens with two attached hydrogens (primary N) is 1. The van der Waals surface area contributed by atoms with Gasteiger partial charge >= 0.3 is 0 Å². The molecule has 0 aromatic carbocycles. The number of rotatable bonds is 3. The van der Waals surface area contributed by atoms with Gasteiger partial charge in [0.05, 0.1) is 0 Å². The molecular weight excluding hydrogens is 302 g/mol. The molecule has 2 N–H and O–H groups in total. The summed E-state index contributed by atoms with van der Waals surface area (Å²) in [6.07, 6.45) is 7.21. The standard InChI is InChI=1S/C15H23N3O3S/c16-14-8-18(10-15(14)6-3-7-15)22(19,20)9-12-11-4-1-2-5-13(11)21-17-12/h14H,1-10,16H2. The van der Waals surface area contributed by atoms with Crippen LogP contribution in [0.5, 0.6) is 0 Å². The fourth-order valence-electron chi connectivity index (χ4n) is 4.14. The van der Waals surface area contributed by atoms with Crippen LogP contribution < -0.4 is 5.73 Å². The molecule has 4 rings (SSSR count). The molecule has 2 aliphatic carbocycles. The molecule has 22 heavy (non-hydrogen) atoms. The number of sulfonamides is 1. The van der Waals surface area contributed by atoms with Crippen LogP contribution in [0.4, 0.5) is 0 Å². The van der Waals surface area contributed by atoms with E-state index >= 15 is 0 Å². The Morgan fingerprint density at radius 2 is 2.05 bits per heavy atom. The molecule has 3 aliphatic rings. The third-order valence-electron chi connectivity index (χ3n) is 5.77. The van der Waals surface area contributed by atoms with E-state index in [1.54, 1.807) is 4.31 Å². The van der Waals surface area contributed by atoms with Crippen LogP contribution in [0.1, 0.15) is 49.1 Å². The summed E-state index contributed by atoms with van der Waals surface area (Å²) in [5.74, 6) is 0.833. The summed E-state index contributed by atoms with van der Waals surface area (Å²) in [7, 11) is -3.37. The zero-order valence-corrected chi connectivity index (χ0v) is 13.6. The molecule has 1 aliphatic heterocycles. The zero-order chi connectivity index (χ0) is 15.4. The maximum absolute atomic E-state index is 12.7. The summed E-state index contributed by atoms with van der Waals surface area (Å²) in [5.41, 5.74) is 7.88. The normalized spacial score (nSPS) is 27.8. The van der Waals surface area contributed by atoms with Crippen LogP contribution in [0, 0.1) is 5.41 Å². The van der Waals surface area contributed by atoms with Crippen molar-refractivity contribution in [3.8, 4) is 0 Å². The fourth-order valence-corrected chi connectivity index (χ4v) is 5.74. The predicted octanol–water partition coefficient (Wildman–Crippen LogP) is 1.20. The first-order chi connectivity index (χ1) is 10.5. The molecule has 1 saturated heterocycles. The smallest absolute Gasteiger partial charge is 0.220 e. The maximum atomic E-state index is 12.7. The molecule has 1 atom stereocenters. The SMILES string of the molecule is NC1CN(S(=O)(=O)Cc2noc3c2CCCC3)CC12CCC2. The molecule has 1 aromatic rings. The second-order valence-electron chi connectivity index (χ2n) is 7.11. The Morgan fingerprint density at radius 3 is 2.73 bits per heavy atom. The molecular formula is C15H23N3O3S. The molecule has 6 nitrogen and oxygen atoms in total. The number of hydrogen-bond acceptors (Lipinski definition) is 5. The Morgan fingerprint density at radius 1 is 1.27 bits per heavy atom. The van der Waals surface area contributed by atoms with E-state index in [1.807, 2.05) is 0 Å². The van der Waals surface area contributed by atoms with Gasteiger partial charge < -0.3 is 10.3 Å². The number of fused-ring (bicyclic) bond motifs is 1. The zero-order valence-electron chi connectivity index (χ0n) is 12.8. The molecule has 0 amide bonds. The van der Waals surface area contributed by atoms with Gasteiger partial charge in [-0.05, 0) is 32.1 Å². The van der Waals surface area contributed by atoms with Crippen molar-refractivity contribution in [2.45, 2.75) is 56.7 Å². The topological polar surface area (TPSA) is 89.4 Å². The molecule has 0 bridgehead atoms. The van der Waals surface area contributed by atoms with E-state index in [-0.39, 0.29) is 17.2 Å². The van der Waals surface area contributed by atoms with Crippen LogP contribution >= 0.6 is 0 Å². The van der Waals surface area contributed by atoms with Crippen molar-refractivity contribution < 1.29 is 12.9 Å². The Labute approximate surface area is 131 Å². The van der Waals surface area contributed by atoms with E-state index in [4.69, 9.17) is 10.3 Å². The maximum Gasteiger partial charge on any atom is 0.220 e. The van der Waals surface area contributed by atoms with Crippen LogP contribution in [0.25, 0.3) is 0 Å². The minimum atomic E-state index is -3.37. The van der Waals surface area contributed by atoms with E-state index in [2.05, 4.69) is 5.16 Å². The van der Waals surface area contributed by atoms with Crippen LogP contribution in [-0.2, 0) is 28.6 Å². The lowest BCUT2D eigenvalue weighted by Crippen LogP contribution is -2.45. The third-order valence-corrected chi connectivity index (χ3v) is 7.47. The molecule has 1 unspecified atom stereocenters. The van der Waals surface area contributed by atoms with Crippen LogP contribution in [0.15, 0.2) is 4.52 Å². The van der Waals surface area contributed by atoms with Crippen molar-refractivity contribution in [1.29, 1.82) is 0 Å². The van der Waals surface area contributed by atoms with Gasteiger partial charge in [0.2, 0.25) is 10.0 Å². The molecule has 2 heterocycles. The highest BCUT2D eigenvalue weighted by molar-refractivity contribution is 7.88. The first-order valence-electron chi connectivity index (χ1n) is 8.20. The number of hydrogen-bond donors (Lipinski definition) is 1. The highest BCUT2D eigenvalue weighted by Crippen LogP contribution is 2.48. The molecule has 1 spiro atoms. The van der Waals surface area contributed by atoms with Gasteiger partial charge in [-0.1, -0.05) is 11.6 Å². The second-order valence-corrected chi connectivity index (χ2v) is 9.08. The monoisotopic (exact) mass is 325 g/mol. The fraction of sp³-hybridized carbons (Fsp3) is 0.800. The van der Waals surface area contributed by atoms with Crippen molar-refractivity contribution in [2.24, 2.45) is 11.1 Å². The third kappa shape index (κ3) is 2.21. The number of aromatic nitrogens is 1. The lowest BCUT2D eigenvalue weighted by Gasteiger charge is -2.41. The lowest BCUT2D eigenvalue weighted by molar-refractivity contribution is 0.133. The van der Waals surface area contributed by atoms with Gasteiger partial charge in [-0.3, -0.25) is 0 Å². The largest absolute Gasteiger partial charge is 0.361 e. The molecule has 1 saturated carbocycles. The predicted molar refractivity (Wildman–Crippen MR) is 81.6 cm³/mol. The number of nitrogens with zero attached hydrogens (tertiary/aromatic N) is 2. The average Bonchev–Trinajstić information content (AvgIpc) is 3.00. The van der Waals surface area contributed by atoms with E-state index in [0.29, 0.717) is 18.8 Å². The summed E-state index contributed by atoms with van der Waals surface area (Å²) in [6, 6.07) is -0.0257. The van der Waals surface area contributed by atoms with Crippen molar-refractivity contribution in [2.75, 3.05) is 13.1 Å². The summed E-state index contributed by atoms with van der Waals surface area (Å²) >= 11 is 0. The van der Waals surface area contributed by atoms with Gasteiger partial charge in [0.15, 0.2) is 0 Å². The molecule has 7 heteroatoms. The van der Waals surface area contributed by atoms with E-state index < -0.39 is 10.0 Å². The highest BCUT2D eigenvalue weighted by Gasteiger charge is 2.51. The van der Waals surface area contributed by atoms with E-state index in [0.717, 1.165) is 49.8 Å². The van der Waals surface area contributed by atoms with E-state index in [9.17, 15) is 8.42 Å². The molecule has 0 radical (unpaired) electrons. The quantitative estimate of drug-likeness (QED) is 0.902. The van der Waals surface area contributed by atoms with Gasteiger partial charge in [0, 0.05) is 36.5 Å². The first-order valence-corrected chi connectivity index (χ1v) is 9.81. The Kier molecular flexibility index (Phi) is 3.36. The summed E-state index contributed by atoms with van der Waals surface area (Å²) in [5, 5.41) is 4.03. The minimum absolute atomic E-state index is 0.0257. The van der Waals surface area contributed by atoms with Crippen molar-refractivity contribution in [1.82, 2.24) is 9.46 Å².